The van der Waals surface area contributed by atoms with Gasteiger partial charge in [-0.15, -0.1) is 0 Å². The second-order valence-corrected chi connectivity index (χ2v) is 7.91. The lowest BCUT2D eigenvalue weighted by Gasteiger charge is -2.15. The van der Waals surface area contributed by atoms with Gasteiger partial charge in [0.25, 0.3) is 0 Å². The van der Waals surface area contributed by atoms with Gasteiger partial charge in [-0.1, -0.05) is 11.8 Å². The maximum Gasteiger partial charge on any atom is 0.247 e. The number of thioether (sulfide) groups is 1. The van der Waals surface area contributed by atoms with E-state index in [0.717, 1.165) is 30.5 Å². The number of amides is 2. The lowest BCUT2D eigenvalue weighted by molar-refractivity contribution is -0.121. The van der Waals surface area contributed by atoms with Crippen molar-refractivity contribution in [3.8, 4) is 11.8 Å². The molecule has 7 heteroatoms. The molecule has 28 heavy (non-hydrogen) atoms. The van der Waals surface area contributed by atoms with Crippen molar-refractivity contribution in [3.05, 3.63) is 47.2 Å². The first kappa shape index (κ1) is 18.5. The minimum absolute atomic E-state index is 0.0976. The Morgan fingerprint density at radius 1 is 1.29 bits per heavy atom. The van der Waals surface area contributed by atoms with Crippen LogP contribution in [0.3, 0.4) is 0 Å². The number of carbonyl (C=O) groups is 2. The summed E-state index contributed by atoms with van der Waals surface area (Å²) in [7, 11) is 0. The molecule has 6 nitrogen and oxygen atoms in total. The van der Waals surface area contributed by atoms with Crippen molar-refractivity contribution in [1.29, 1.82) is 5.26 Å². The Hall–Kier alpha value is -2.85. The van der Waals surface area contributed by atoms with Crippen molar-refractivity contribution in [2.45, 2.75) is 42.9 Å². The van der Waals surface area contributed by atoms with Gasteiger partial charge in [0.1, 0.15) is 16.8 Å². The summed E-state index contributed by atoms with van der Waals surface area (Å²) >= 11 is 1.22. The standard InChI is InChI=1S/C21H19N3O3S/c1-2-27-16-8-6-15(7-9-16)24-19(25)11-18(21(24)26)28-20-14(12-22)10-13-4-3-5-17(13)23-20/h6-10,18H,2-5,11H2,1H3. The zero-order chi connectivity index (χ0) is 19.7. The lowest BCUT2D eigenvalue weighted by Crippen LogP contribution is -2.31. The Balaban J connectivity index is 1.56. The second kappa shape index (κ2) is 7.64. The van der Waals surface area contributed by atoms with Crippen LogP contribution in [0.15, 0.2) is 35.4 Å². The van der Waals surface area contributed by atoms with E-state index in [9.17, 15) is 14.9 Å². The molecule has 0 saturated carbocycles. The van der Waals surface area contributed by atoms with Crippen LogP contribution in [0.1, 0.15) is 36.6 Å². The van der Waals surface area contributed by atoms with Crippen molar-refractivity contribution in [2.75, 3.05) is 11.5 Å². The van der Waals surface area contributed by atoms with E-state index in [2.05, 4.69) is 11.1 Å². The summed E-state index contributed by atoms with van der Waals surface area (Å²) in [5.41, 5.74) is 3.13. The maximum atomic E-state index is 12.9. The van der Waals surface area contributed by atoms with Crippen molar-refractivity contribution < 1.29 is 14.3 Å². The number of imide groups is 1. The van der Waals surface area contributed by atoms with Gasteiger partial charge in [-0.05, 0) is 62.1 Å². The molecule has 1 saturated heterocycles. The van der Waals surface area contributed by atoms with E-state index in [0.29, 0.717) is 28.6 Å². The van der Waals surface area contributed by atoms with E-state index in [1.807, 2.05) is 13.0 Å². The predicted octanol–water partition coefficient (Wildman–Crippen LogP) is 3.26. The Morgan fingerprint density at radius 3 is 2.79 bits per heavy atom. The van der Waals surface area contributed by atoms with E-state index < -0.39 is 5.25 Å². The van der Waals surface area contributed by atoms with Crippen LogP contribution in [-0.2, 0) is 22.4 Å². The predicted molar refractivity (Wildman–Crippen MR) is 105 cm³/mol. The van der Waals surface area contributed by atoms with Crippen molar-refractivity contribution in [1.82, 2.24) is 4.98 Å². The number of aromatic nitrogens is 1. The fraction of sp³-hybridized carbons (Fsp3) is 0.333. The molecule has 1 aliphatic carbocycles. The van der Waals surface area contributed by atoms with Crippen LogP contribution in [0, 0.1) is 11.3 Å². The molecule has 0 spiro atoms. The number of fused-ring (bicyclic) bond motifs is 1. The molecule has 1 aromatic heterocycles. The molecule has 1 atom stereocenters. The minimum Gasteiger partial charge on any atom is -0.494 e. The van der Waals surface area contributed by atoms with Gasteiger partial charge in [-0.2, -0.15) is 5.26 Å². The molecular formula is C21H19N3O3S. The molecule has 142 valence electrons. The normalized spacial score (nSPS) is 18.3. The molecular weight excluding hydrogens is 374 g/mol. The highest BCUT2D eigenvalue weighted by molar-refractivity contribution is 8.00. The summed E-state index contributed by atoms with van der Waals surface area (Å²) in [4.78, 5) is 31.3. The van der Waals surface area contributed by atoms with Crippen molar-refractivity contribution in [2.24, 2.45) is 0 Å². The second-order valence-electron chi connectivity index (χ2n) is 6.72. The molecule has 1 aromatic carbocycles. The molecule has 0 bridgehead atoms. The van der Waals surface area contributed by atoms with Gasteiger partial charge < -0.3 is 4.74 Å². The molecule has 2 heterocycles. The number of anilines is 1. The number of ether oxygens (including phenoxy) is 1. The molecule has 1 fully saturated rings. The third-order valence-electron chi connectivity index (χ3n) is 4.90. The van der Waals surface area contributed by atoms with E-state index in [-0.39, 0.29) is 18.2 Å². The molecule has 2 aliphatic rings. The van der Waals surface area contributed by atoms with E-state index in [4.69, 9.17) is 4.74 Å². The Kier molecular flexibility index (Phi) is 5.05. The number of benzene rings is 1. The third kappa shape index (κ3) is 3.36. The largest absolute Gasteiger partial charge is 0.494 e. The van der Waals surface area contributed by atoms with E-state index in [1.165, 1.54) is 16.7 Å². The number of nitrogens with zero attached hydrogens (tertiary/aromatic N) is 3. The zero-order valence-corrected chi connectivity index (χ0v) is 16.3. The number of rotatable bonds is 5. The number of aryl methyl sites for hydroxylation is 2. The molecule has 2 aromatic rings. The number of hydrogen-bond donors (Lipinski definition) is 0. The molecule has 1 unspecified atom stereocenters. The fourth-order valence-electron chi connectivity index (χ4n) is 3.58. The van der Waals surface area contributed by atoms with Crippen LogP contribution >= 0.6 is 11.8 Å². The molecule has 4 rings (SSSR count). The van der Waals surface area contributed by atoms with E-state index >= 15 is 0 Å². The van der Waals surface area contributed by atoms with Gasteiger partial charge in [0.15, 0.2) is 0 Å². The molecule has 0 radical (unpaired) electrons. The minimum atomic E-state index is -0.571. The lowest BCUT2D eigenvalue weighted by atomic mass is 10.2. The van der Waals surface area contributed by atoms with Gasteiger partial charge in [-0.3, -0.25) is 9.59 Å². The van der Waals surface area contributed by atoms with Crippen LogP contribution in [0.5, 0.6) is 5.75 Å². The third-order valence-corrected chi connectivity index (χ3v) is 6.09. The Labute approximate surface area is 167 Å². The van der Waals surface area contributed by atoms with Gasteiger partial charge in [0, 0.05) is 12.1 Å². The summed E-state index contributed by atoms with van der Waals surface area (Å²) in [6, 6.07) is 11.0. The van der Waals surface area contributed by atoms with Gasteiger partial charge >= 0.3 is 0 Å². The average Bonchev–Trinajstić information content (AvgIpc) is 3.26. The summed E-state index contributed by atoms with van der Waals surface area (Å²) < 4.78 is 5.41. The van der Waals surface area contributed by atoms with Crippen LogP contribution in [0.4, 0.5) is 5.69 Å². The molecule has 0 N–H and O–H groups in total. The summed E-state index contributed by atoms with van der Waals surface area (Å²) in [6.45, 7) is 2.44. The van der Waals surface area contributed by atoms with Crippen LogP contribution in [0.25, 0.3) is 0 Å². The highest BCUT2D eigenvalue weighted by Gasteiger charge is 2.41. The Morgan fingerprint density at radius 2 is 2.07 bits per heavy atom. The summed E-state index contributed by atoms with van der Waals surface area (Å²) in [5.74, 6) is 0.175. The van der Waals surface area contributed by atoms with E-state index in [1.54, 1.807) is 24.3 Å². The number of hydrogen-bond acceptors (Lipinski definition) is 6. The maximum absolute atomic E-state index is 12.9. The van der Waals surface area contributed by atoms with Gasteiger partial charge in [0.2, 0.25) is 11.8 Å². The van der Waals surface area contributed by atoms with Crippen LogP contribution in [0.2, 0.25) is 0 Å². The summed E-state index contributed by atoms with van der Waals surface area (Å²) in [6.07, 6.45) is 2.97. The van der Waals surface area contributed by atoms with Crippen molar-refractivity contribution >= 4 is 29.3 Å². The first-order valence-corrected chi connectivity index (χ1v) is 10.2. The number of pyridine rings is 1. The monoisotopic (exact) mass is 393 g/mol. The SMILES string of the molecule is CCOc1ccc(N2C(=O)CC(Sc3nc4c(cc3C#N)CCC4)C2=O)cc1. The topological polar surface area (TPSA) is 83.3 Å². The Bertz CT molecular complexity index is 982. The quantitative estimate of drug-likeness (QED) is 0.725. The van der Waals surface area contributed by atoms with Gasteiger partial charge in [-0.25, -0.2) is 9.88 Å². The molecule has 1 aliphatic heterocycles. The molecule has 2 amide bonds. The summed E-state index contributed by atoms with van der Waals surface area (Å²) in [5, 5.41) is 9.44. The smallest absolute Gasteiger partial charge is 0.247 e. The number of nitriles is 1. The fourth-order valence-corrected chi connectivity index (χ4v) is 4.68. The average molecular weight is 393 g/mol. The van der Waals surface area contributed by atoms with Crippen molar-refractivity contribution in [3.63, 3.8) is 0 Å². The number of carbonyl (C=O) groups excluding carboxylic acids is 2. The highest BCUT2D eigenvalue weighted by atomic mass is 32.2. The van der Waals surface area contributed by atoms with Crippen LogP contribution in [-0.4, -0.2) is 28.7 Å². The highest BCUT2D eigenvalue weighted by Crippen LogP contribution is 2.36. The van der Waals surface area contributed by atoms with Gasteiger partial charge in [0.05, 0.1) is 23.1 Å². The first-order chi connectivity index (χ1) is 13.6. The first-order valence-electron chi connectivity index (χ1n) is 9.30. The van der Waals surface area contributed by atoms with Crippen LogP contribution < -0.4 is 9.64 Å². The zero-order valence-electron chi connectivity index (χ0n) is 15.5.